The van der Waals surface area contributed by atoms with Crippen molar-refractivity contribution in [3.8, 4) is 0 Å². The molecule has 1 atom stereocenters. The summed E-state index contributed by atoms with van der Waals surface area (Å²) in [6.07, 6.45) is 0.687. The first kappa shape index (κ1) is 18.3. The van der Waals surface area contributed by atoms with Gasteiger partial charge in [0.25, 0.3) is 0 Å². The van der Waals surface area contributed by atoms with Crippen LogP contribution in [0.1, 0.15) is 43.2 Å². The van der Waals surface area contributed by atoms with Crippen LogP contribution in [0, 0.1) is 13.8 Å². The molecule has 144 valence electrons. The highest BCUT2D eigenvalue weighted by Crippen LogP contribution is 2.32. The van der Waals surface area contributed by atoms with Crippen LogP contribution in [0.5, 0.6) is 0 Å². The van der Waals surface area contributed by atoms with Crippen LogP contribution in [-0.4, -0.2) is 15.6 Å². The number of rotatable bonds is 5. The van der Waals surface area contributed by atoms with E-state index in [-0.39, 0.29) is 11.8 Å². The van der Waals surface area contributed by atoms with Gasteiger partial charge in [0, 0.05) is 39.6 Å². The van der Waals surface area contributed by atoms with E-state index in [9.17, 15) is 4.79 Å². The number of para-hydroxylation sites is 1. The van der Waals surface area contributed by atoms with Crippen molar-refractivity contribution in [2.24, 2.45) is 0 Å². The van der Waals surface area contributed by atoms with Gasteiger partial charge < -0.3 is 14.4 Å². The Morgan fingerprint density at radius 2 is 1.86 bits per heavy atom. The van der Waals surface area contributed by atoms with Gasteiger partial charge in [0.2, 0.25) is 5.91 Å². The van der Waals surface area contributed by atoms with Gasteiger partial charge in [-0.05, 0) is 51.5 Å². The molecule has 4 aromatic rings. The molecular weight excluding hydrogens is 350 g/mol. The third-order valence-corrected chi connectivity index (χ3v) is 5.52. The fraction of sp³-hybridized carbons (Fsp3) is 0.304. The summed E-state index contributed by atoms with van der Waals surface area (Å²) < 4.78 is 7.57. The number of aromatic nitrogens is 2. The molecule has 5 nitrogen and oxygen atoms in total. The van der Waals surface area contributed by atoms with E-state index in [0.717, 1.165) is 28.9 Å². The average molecular weight is 375 g/mol. The molecule has 4 rings (SSSR count). The van der Waals surface area contributed by atoms with E-state index in [1.54, 1.807) is 0 Å². The smallest absolute Gasteiger partial charge is 0.232 e. The summed E-state index contributed by atoms with van der Waals surface area (Å²) in [5, 5.41) is 9.46. The van der Waals surface area contributed by atoms with Crippen molar-refractivity contribution < 1.29 is 9.32 Å². The number of fused-ring (bicyclic) bond motifs is 3. The van der Waals surface area contributed by atoms with Gasteiger partial charge in [-0.3, -0.25) is 4.79 Å². The van der Waals surface area contributed by atoms with E-state index in [0.29, 0.717) is 12.2 Å². The van der Waals surface area contributed by atoms with E-state index >= 15 is 0 Å². The minimum absolute atomic E-state index is 0.0320. The van der Waals surface area contributed by atoms with E-state index in [4.69, 9.17) is 4.52 Å². The maximum absolute atomic E-state index is 13.0. The Morgan fingerprint density at radius 1 is 1.11 bits per heavy atom. The van der Waals surface area contributed by atoms with Gasteiger partial charge >= 0.3 is 0 Å². The van der Waals surface area contributed by atoms with Crippen LogP contribution >= 0.6 is 0 Å². The summed E-state index contributed by atoms with van der Waals surface area (Å²) in [6.45, 7) is 8.80. The Morgan fingerprint density at radius 3 is 2.54 bits per heavy atom. The molecule has 5 heteroatoms. The monoisotopic (exact) mass is 375 g/mol. The summed E-state index contributed by atoms with van der Waals surface area (Å²) in [6, 6.07) is 14.5. The van der Waals surface area contributed by atoms with Crippen molar-refractivity contribution in [1.82, 2.24) is 9.72 Å². The molecule has 1 N–H and O–H groups in total. The second kappa shape index (κ2) is 7.15. The van der Waals surface area contributed by atoms with E-state index in [1.807, 2.05) is 26.8 Å². The number of nitrogens with one attached hydrogen (secondary N) is 1. The lowest BCUT2D eigenvalue weighted by molar-refractivity contribution is -0.117. The summed E-state index contributed by atoms with van der Waals surface area (Å²) in [5.41, 5.74) is 4.87. The Bertz CT molecular complexity index is 1150. The molecule has 0 radical (unpaired) electrons. The molecule has 0 aliphatic rings. The minimum atomic E-state index is -0.279. The fourth-order valence-electron chi connectivity index (χ4n) is 4.21. The standard InChI is InChI=1S/C23H25N3O2/c1-5-17(22-14(3)25-28-15(22)4)23(27)24-16-11-12-21-19(13-16)18-9-7-8-10-20(18)26(21)6-2/h7-13,17H,5-6H2,1-4H3,(H,24,27)/t17-/m1/s1. The molecule has 28 heavy (non-hydrogen) atoms. The normalized spacial score (nSPS) is 12.6. The Labute approximate surface area is 164 Å². The zero-order valence-electron chi connectivity index (χ0n) is 16.7. The van der Waals surface area contributed by atoms with Crippen molar-refractivity contribution in [3.05, 3.63) is 59.5 Å². The van der Waals surface area contributed by atoms with Gasteiger partial charge in [0.1, 0.15) is 5.76 Å². The van der Waals surface area contributed by atoms with Gasteiger partial charge in [-0.15, -0.1) is 0 Å². The molecule has 0 saturated heterocycles. The molecule has 2 aromatic carbocycles. The molecular formula is C23H25N3O2. The van der Waals surface area contributed by atoms with Crippen LogP contribution < -0.4 is 5.32 Å². The Kier molecular flexibility index (Phi) is 4.67. The highest BCUT2D eigenvalue weighted by atomic mass is 16.5. The van der Waals surface area contributed by atoms with E-state index in [1.165, 1.54) is 16.4 Å². The van der Waals surface area contributed by atoms with Crippen LogP contribution in [0.2, 0.25) is 0 Å². The van der Waals surface area contributed by atoms with Crippen molar-refractivity contribution in [2.45, 2.75) is 46.6 Å². The summed E-state index contributed by atoms with van der Waals surface area (Å²) in [7, 11) is 0. The van der Waals surface area contributed by atoms with Gasteiger partial charge in [-0.2, -0.15) is 0 Å². The SMILES string of the molecule is CC[C@@H](C(=O)Nc1ccc2c(c1)c1ccccc1n2CC)c1c(C)noc1C. The van der Waals surface area contributed by atoms with Crippen LogP contribution in [0.15, 0.2) is 47.0 Å². The van der Waals surface area contributed by atoms with Crippen molar-refractivity contribution >= 4 is 33.4 Å². The lowest BCUT2D eigenvalue weighted by Crippen LogP contribution is -2.21. The largest absolute Gasteiger partial charge is 0.361 e. The third-order valence-electron chi connectivity index (χ3n) is 5.52. The zero-order chi connectivity index (χ0) is 19.8. The Balaban J connectivity index is 1.72. The number of amides is 1. The average Bonchev–Trinajstić information content (AvgIpc) is 3.20. The third kappa shape index (κ3) is 2.87. The summed E-state index contributed by atoms with van der Waals surface area (Å²) >= 11 is 0. The lowest BCUT2D eigenvalue weighted by Gasteiger charge is -2.15. The minimum Gasteiger partial charge on any atom is -0.361 e. The quantitative estimate of drug-likeness (QED) is 0.497. The maximum atomic E-state index is 13.0. The fourth-order valence-corrected chi connectivity index (χ4v) is 4.21. The molecule has 0 aliphatic carbocycles. The van der Waals surface area contributed by atoms with Gasteiger partial charge in [-0.1, -0.05) is 30.3 Å². The zero-order valence-corrected chi connectivity index (χ0v) is 16.7. The molecule has 0 unspecified atom stereocenters. The first-order valence-corrected chi connectivity index (χ1v) is 9.79. The second-order valence-corrected chi connectivity index (χ2v) is 7.18. The van der Waals surface area contributed by atoms with Crippen molar-refractivity contribution in [2.75, 3.05) is 5.32 Å². The number of carbonyl (C=O) groups is 1. The first-order valence-electron chi connectivity index (χ1n) is 9.79. The number of hydrogen-bond acceptors (Lipinski definition) is 3. The van der Waals surface area contributed by atoms with E-state index in [2.05, 4.69) is 58.4 Å². The topological polar surface area (TPSA) is 60.1 Å². The first-order chi connectivity index (χ1) is 13.5. The van der Waals surface area contributed by atoms with Crippen LogP contribution in [0.4, 0.5) is 5.69 Å². The highest BCUT2D eigenvalue weighted by Gasteiger charge is 2.26. The summed E-state index contributed by atoms with van der Waals surface area (Å²) in [5.74, 6) is 0.398. The van der Waals surface area contributed by atoms with Crippen LogP contribution in [0.3, 0.4) is 0 Å². The molecule has 0 bridgehead atoms. The lowest BCUT2D eigenvalue weighted by atomic mass is 9.94. The molecule has 2 heterocycles. The number of anilines is 1. The molecule has 0 fully saturated rings. The number of carbonyl (C=O) groups excluding carboxylic acids is 1. The van der Waals surface area contributed by atoms with Crippen molar-refractivity contribution in [1.29, 1.82) is 0 Å². The second-order valence-electron chi connectivity index (χ2n) is 7.18. The Hall–Kier alpha value is -3.08. The molecule has 2 aromatic heterocycles. The van der Waals surface area contributed by atoms with Crippen LogP contribution in [0.25, 0.3) is 21.8 Å². The molecule has 0 aliphatic heterocycles. The summed E-state index contributed by atoms with van der Waals surface area (Å²) in [4.78, 5) is 13.0. The van der Waals surface area contributed by atoms with E-state index < -0.39 is 0 Å². The highest BCUT2D eigenvalue weighted by molar-refractivity contribution is 6.10. The molecule has 1 amide bonds. The van der Waals surface area contributed by atoms with Gasteiger partial charge in [0.15, 0.2) is 0 Å². The predicted molar refractivity (Wildman–Crippen MR) is 113 cm³/mol. The number of nitrogens with zero attached hydrogens (tertiary/aromatic N) is 2. The van der Waals surface area contributed by atoms with Crippen LogP contribution in [-0.2, 0) is 11.3 Å². The molecule has 0 spiro atoms. The predicted octanol–water partition coefficient (Wildman–Crippen LogP) is 5.55. The molecule has 0 saturated carbocycles. The number of benzene rings is 2. The number of hydrogen-bond donors (Lipinski definition) is 1. The van der Waals surface area contributed by atoms with Crippen molar-refractivity contribution in [3.63, 3.8) is 0 Å². The number of aryl methyl sites for hydroxylation is 3. The van der Waals surface area contributed by atoms with Gasteiger partial charge in [0.05, 0.1) is 11.6 Å². The van der Waals surface area contributed by atoms with Gasteiger partial charge in [-0.25, -0.2) is 0 Å². The maximum Gasteiger partial charge on any atom is 0.232 e.